The molecule has 98 valence electrons. The number of nitrogens with zero attached hydrogens (tertiary/aromatic N) is 4. The molecule has 5 nitrogen and oxygen atoms in total. The van der Waals surface area contributed by atoms with E-state index in [2.05, 4.69) is 26.9 Å². The molecule has 2 rings (SSSR count). The van der Waals surface area contributed by atoms with Gasteiger partial charge in [0, 0.05) is 30.8 Å². The van der Waals surface area contributed by atoms with E-state index in [9.17, 15) is 0 Å². The van der Waals surface area contributed by atoms with Crippen molar-refractivity contribution < 1.29 is 0 Å². The van der Waals surface area contributed by atoms with Crippen LogP contribution in [0.3, 0.4) is 0 Å². The number of hydrogen-bond acceptors (Lipinski definition) is 3. The van der Waals surface area contributed by atoms with E-state index in [1.54, 1.807) is 25.8 Å². The number of rotatable bonds is 3. The molecule has 19 heavy (non-hydrogen) atoms. The zero-order valence-electron chi connectivity index (χ0n) is 11.4. The first kappa shape index (κ1) is 13.0. The number of amidine groups is 1. The van der Waals surface area contributed by atoms with Crippen LogP contribution in [0.1, 0.15) is 18.3 Å². The third kappa shape index (κ3) is 2.70. The van der Waals surface area contributed by atoms with Gasteiger partial charge in [-0.05, 0) is 26.0 Å². The Labute approximate surface area is 112 Å². The largest absolute Gasteiger partial charge is 0.343 e. The summed E-state index contributed by atoms with van der Waals surface area (Å²) < 4.78 is 2.00. The predicted molar refractivity (Wildman–Crippen MR) is 76.5 cm³/mol. The molecule has 2 heterocycles. The van der Waals surface area contributed by atoms with Crippen molar-refractivity contribution in [1.82, 2.24) is 19.9 Å². The number of hydrogen-bond donors (Lipinski definition) is 1. The van der Waals surface area contributed by atoms with Crippen molar-refractivity contribution in [3.05, 3.63) is 54.5 Å². The fourth-order valence-electron chi connectivity index (χ4n) is 1.83. The summed E-state index contributed by atoms with van der Waals surface area (Å²) in [5, 5.41) is 3.12. The summed E-state index contributed by atoms with van der Waals surface area (Å²) in [6.45, 7) is 7.73. The van der Waals surface area contributed by atoms with Crippen LogP contribution in [0.5, 0.6) is 0 Å². The van der Waals surface area contributed by atoms with Crippen LogP contribution in [-0.2, 0) is 0 Å². The van der Waals surface area contributed by atoms with Crippen LogP contribution in [0, 0.1) is 6.92 Å². The zero-order chi connectivity index (χ0) is 13.8. The zero-order valence-corrected chi connectivity index (χ0v) is 11.4. The molecule has 0 radical (unpaired) electrons. The van der Waals surface area contributed by atoms with Crippen LogP contribution in [0.2, 0.25) is 0 Å². The van der Waals surface area contributed by atoms with Gasteiger partial charge in [-0.3, -0.25) is 9.98 Å². The fraction of sp³-hybridized carbons (Fsp3) is 0.214. The summed E-state index contributed by atoms with van der Waals surface area (Å²) in [4.78, 5) is 12.7. The van der Waals surface area contributed by atoms with E-state index in [4.69, 9.17) is 0 Å². The van der Waals surface area contributed by atoms with E-state index >= 15 is 0 Å². The molecule has 0 saturated heterocycles. The number of nitrogens with one attached hydrogen (secondary N) is 1. The van der Waals surface area contributed by atoms with Gasteiger partial charge in [-0.25, -0.2) is 4.98 Å². The minimum atomic E-state index is 0.720. The Morgan fingerprint density at radius 1 is 1.37 bits per heavy atom. The van der Waals surface area contributed by atoms with Crippen LogP contribution in [0.4, 0.5) is 0 Å². The summed E-state index contributed by atoms with van der Waals surface area (Å²) >= 11 is 0. The molecular weight excluding hydrogens is 238 g/mol. The SMILES string of the molecule is C=C(C)NC(=NC)c1ncn(-c2ccncc2)c1C. The molecule has 0 aliphatic heterocycles. The lowest BCUT2D eigenvalue weighted by Crippen LogP contribution is -2.23. The van der Waals surface area contributed by atoms with Gasteiger partial charge in [-0.1, -0.05) is 6.58 Å². The number of aromatic nitrogens is 3. The van der Waals surface area contributed by atoms with Gasteiger partial charge in [0.05, 0.1) is 5.69 Å². The highest BCUT2D eigenvalue weighted by Gasteiger charge is 2.13. The van der Waals surface area contributed by atoms with Crippen molar-refractivity contribution in [1.29, 1.82) is 0 Å². The van der Waals surface area contributed by atoms with Crippen LogP contribution >= 0.6 is 0 Å². The minimum absolute atomic E-state index is 0.720. The summed E-state index contributed by atoms with van der Waals surface area (Å²) in [6.07, 6.45) is 5.30. The molecular formula is C14H17N5. The number of allylic oxidation sites excluding steroid dienone is 1. The van der Waals surface area contributed by atoms with Crippen LogP contribution in [0.25, 0.3) is 5.69 Å². The van der Waals surface area contributed by atoms with Gasteiger partial charge >= 0.3 is 0 Å². The van der Waals surface area contributed by atoms with Gasteiger partial charge in [-0.15, -0.1) is 0 Å². The highest BCUT2D eigenvalue weighted by Crippen LogP contribution is 2.13. The maximum absolute atomic E-state index is 4.42. The van der Waals surface area contributed by atoms with Crippen molar-refractivity contribution in [3.8, 4) is 5.69 Å². The van der Waals surface area contributed by atoms with E-state index in [-0.39, 0.29) is 0 Å². The Hall–Kier alpha value is -2.43. The smallest absolute Gasteiger partial charge is 0.153 e. The predicted octanol–water partition coefficient (Wildman–Crippen LogP) is 2.08. The summed E-state index contributed by atoms with van der Waals surface area (Å²) in [5.74, 6) is 0.720. The first-order valence-corrected chi connectivity index (χ1v) is 5.97. The Bertz CT molecular complexity index is 610. The molecule has 2 aromatic heterocycles. The van der Waals surface area contributed by atoms with E-state index in [1.165, 1.54) is 0 Å². The molecule has 0 bridgehead atoms. The molecule has 0 amide bonds. The quantitative estimate of drug-likeness (QED) is 0.675. The standard InChI is InChI=1S/C14H17N5/c1-10(2)18-14(15-4)13-11(3)19(9-17-13)12-5-7-16-8-6-12/h5-9H,1H2,2-4H3,(H,15,18). The first-order valence-electron chi connectivity index (χ1n) is 5.97. The maximum Gasteiger partial charge on any atom is 0.153 e. The number of imidazole rings is 1. The Morgan fingerprint density at radius 3 is 2.63 bits per heavy atom. The van der Waals surface area contributed by atoms with Crippen LogP contribution in [-0.4, -0.2) is 27.4 Å². The molecule has 0 spiro atoms. The van der Waals surface area contributed by atoms with E-state index < -0.39 is 0 Å². The van der Waals surface area contributed by atoms with Crippen LogP contribution < -0.4 is 5.32 Å². The third-order valence-corrected chi connectivity index (χ3v) is 2.73. The first-order chi connectivity index (χ1) is 9.13. The second-order valence-corrected chi connectivity index (χ2v) is 4.23. The van der Waals surface area contributed by atoms with Crippen molar-refractivity contribution in [3.63, 3.8) is 0 Å². The Balaban J connectivity index is 2.41. The molecule has 0 aromatic carbocycles. The average molecular weight is 255 g/mol. The van der Waals surface area contributed by atoms with Crippen molar-refractivity contribution in [2.75, 3.05) is 7.05 Å². The Morgan fingerprint density at radius 2 is 2.05 bits per heavy atom. The Kier molecular flexibility index (Phi) is 3.75. The molecule has 5 heteroatoms. The van der Waals surface area contributed by atoms with Crippen molar-refractivity contribution in [2.45, 2.75) is 13.8 Å². The molecule has 0 saturated carbocycles. The minimum Gasteiger partial charge on any atom is -0.343 e. The highest BCUT2D eigenvalue weighted by atomic mass is 15.1. The van der Waals surface area contributed by atoms with Gasteiger partial charge in [-0.2, -0.15) is 0 Å². The maximum atomic E-state index is 4.42. The number of aliphatic imine (C=N–C) groups is 1. The van der Waals surface area contributed by atoms with Gasteiger partial charge in [0.25, 0.3) is 0 Å². The second kappa shape index (κ2) is 5.48. The van der Waals surface area contributed by atoms with Gasteiger partial charge in [0.2, 0.25) is 0 Å². The fourth-order valence-corrected chi connectivity index (χ4v) is 1.83. The lowest BCUT2D eigenvalue weighted by atomic mass is 10.3. The molecule has 0 atom stereocenters. The van der Waals surface area contributed by atoms with Crippen molar-refractivity contribution in [2.24, 2.45) is 4.99 Å². The average Bonchev–Trinajstić information content (AvgIpc) is 2.78. The highest BCUT2D eigenvalue weighted by molar-refractivity contribution is 5.99. The summed E-state index contributed by atoms with van der Waals surface area (Å²) in [5.41, 5.74) is 3.69. The molecule has 0 aliphatic rings. The number of pyridine rings is 1. The second-order valence-electron chi connectivity index (χ2n) is 4.23. The normalized spacial score (nSPS) is 11.4. The molecule has 1 N–H and O–H groups in total. The third-order valence-electron chi connectivity index (χ3n) is 2.73. The van der Waals surface area contributed by atoms with Gasteiger partial charge < -0.3 is 9.88 Å². The monoisotopic (exact) mass is 255 g/mol. The molecule has 2 aromatic rings. The summed E-state index contributed by atoms with van der Waals surface area (Å²) in [6, 6.07) is 3.88. The van der Waals surface area contributed by atoms with E-state index in [0.717, 1.165) is 28.6 Å². The van der Waals surface area contributed by atoms with Crippen molar-refractivity contribution >= 4 is 5.84 Å². The van der Waals surface area contributed by atoms with Gasteiger partial charge in [0.15, 0.2) is 5.84 Å². The molecule has 0 fully saturated rings. The lowest BCUT2D eigenvalue weighted by Gasteiger charge is -2.09. The topological polar surface area (TPSA) is 55.1 Å². The van der Waals surface area contributed by atoms with Gasteiger partial charge in [0.1, 0.15) is 12.0 Å². The van der Waals surface area contributed by atoms with E-state index in [0.29, 0.717) is 0 Å². The molecule has 0 aliphatic carbocycles. The van der Waals surface area contributed by atoms with Crippen LogP contribution in [0.15, 0.2) is 48.1 Å². The lowest BCUT2D eigenvalue weighted by molar-refractivity contribution is 0.996. The summed E-state index contributed by atoms with van der Waals surface area (Å²) in [7, 11) is 1.73. The van der Waals surface area contributed by atoms with E-state index in [1.807, 2.05) is 30.5 Å². The molecule has 0 unspecified atom stereocenters.